The molecule has 0 saturated heterocycles. The number of alkyl halides is 3. The number of carbonyl (C=O) groups excluding carboxylic acids is 2. The second-order valence-corrected chi connectivity index (χ2v) is 5.26. The second kappa shape index (κ2) is 8.76. The molecule has 2 aromatic rings. The van der Waals surface area contributed by atoms with Crippen LogP contribution in [0.3, 0.4) is 0 Å². The molecule has 0 fully saturated rings. The largest absolute Gasteiger partial charge is 0.480 e. The van der Waals surface area contributed by atoms with Crippen LogP contribution in [-0.4, -0.2) is 25.0 Å². The normalized spacial score (nSPS) is 10.5. The molecule has 27 heavy (non-hydrogen) atoms. The lowest BCUT2D eigenvalue weighted by Gasteiger charge is -2.07. The van der Waals surface area contributed by atoms with E-state index in [1.54, 1.807) is 18.2 Å². The van der Waals surface area contributed by atoms with Crippen LogP contribution in [0.2, 0.25) is 0 Å². The fourth-order valence-corrected chi connectivity index (χ4v) is 2.06. The Kier molecular flexibility index (Phi) is 6.44. The number of para-hydroxylation sites is 1. The lowest BCUT2D eigenvalue weighted by molar-refractivity contribution is -0.137. The van der Waals surface area contributed by atoms with E-state index in [-0.39, 0.29) is 24.3 Å². The van der Waals surface area contributed by atoms with Crippen LogP contribution in [0.25, 0.3) is 0 Å². The molecule has 0 saturated carbocycles. The molecule has 0 aliphatic heterocycles. The van der Waals surface area contributed by atoms with Crippen molar-refractivity contribution in [3.8, 4) is 17.6 Å². The minimum absolute atomic E-state index is 0.0132. The van der Waals surface area contributed by atoms with E-state index in [1.807, 2.05) is 0 Å². The highest BCUT2D eigenvalue weighted by atomic mass is 19.4. The smallest absolute Gasteiger partial charge is 0.416 e. The van der Waals surface area contributed by atoms with Crippen molar-refractivity contribution in [2.45, 2.75) is 6.18 Å². The van der Waals surface area contributed by atoms with Crippen molar-refractivity contribution in [3.05, 3.63) is 65.2 Å². The quantitative estimate of drug-likeness (QED) is 0.787. The van der Waals surface area contributed by atoms with Gasteiger partial charge in [-0.1, -0.05) is 24.0 Å². The van der Waals surface area contributed by atoms with Gasteiger partial charge in [0.05, 0.1) is 17.7 Å². The molecule has 0 aliphatic carbocycles. The standard InChI is InChI=1S/C19H15F3N2O3/c20-19(21,22)14-9-7-13(8-10-14)18(26)24-11-3-4-12-27-16-6-2-1-5-15(16)17(23)25/h1-2,5-10H,11-12H2,(H2,23,25)(H,24,26). The molecular formula is C19H15F3N2O3. The van der Waals surface area contributed by atoms with Gasteiger partial charge in [-0.2, -0.15) is 13.2 Å². The molecule has 0 radical (unpaired) electrons. The lowest BCUT2D eigenvalue weighted by Crippen LogP contribution is -2.23. The maximum absolute atomic E-state index is 12.5. The Morgan fingerprint density at radius 3 is 2.33 bits per heavy atom. The topological polar surface area (TPSA) is 81.4 Å². The summed E-state index contributed by atoms with van der Waals surface area (Å²) in [5.74, 6) is 4.42. The molecule has 0 bridgehead atoms. The van der Waals surface area contributed by atoms with Gasteiger partial charge in [-0.15, -0.1) is 0 Å². The third-order valence-corrected chi connectivity index (χ3v) is 3.39. The van der Waals surface area contributed by atoms with Gasteiger partial charge in [-0.05, 0) is 36.4 Å². The van der Waals surface area contributed by atoms with Crippen LogP contribution in [0.4, 0.5) is 13.2 Å². The first-order valence-corrected chi connectivity index (χ1v) is 7.72. The summed E-state index contributed by atoms with van der Waals surface area (Å²) in [6.45, 7) is -0.0406. The molecule has 2 aromatic carbocycles. The number of nitrogens with two attached hydrogens (primary N) is 1. The van der Waals surface area contributed by atoms with E-state index in [1.165, 1.54) is 6.07 Å². The number of ether oxygens (including phenoxy) is 1. The monoisotopic (exact) mass is 376 g/mol. The first-order chi connectivity index (χ1) is 12.8. The molecule has 8 heteroatoms. The Balaban J connectivity index is 1.82. The third kappa shape index (κ3) is 5.78. The summed E-state index contributed by atoms with van der Waals surface area (Å²) in [7, 11) is 0. The van der Waals surface area contributed by atoms with Gasteiger partial charge < -0.3 is 15.8 Å². The highest BCUT2D eigenvalue weighted by Gasteiger charge is 2.30. The number of benzene rings is 2. The molecule has 140 valence electrons. The van der Waals surface area contributed by atoms with Crippen molar-refractivity contribution in [2.24, 2.45) is 5.73 Å². The van der Waals surface area contributed by atoms with Crippen LogP contribution in [0.15, 0.2) is 48.5 Å². The molecule has 3 N–H and O–H groups in total. The molecule has 0 aromatic heterocycles. The molecular weight excluding hydrogens is 361 g/mol. The van der Waals surface area contributed by atoms with Crippen molar-refractivity contribution >= 4 is 11.8 Å². The van der Waals surface area contributed by atoms with Crippen molar-refractivity contribution in [1.82, 2.24) is 5.32 Å². The number of primary amides is 1. The maximum Gasteiger partial charge on any atom is 0.416 e. The van der Waals surface area contributed by atoms with E-state index in [0.29, 0.717) is 5.75 Å². The predicted octanol–water partition coefficient (Wildman–Crippen LogP) is 2.62. The van der Waals surface area contributed by atoms with E-state index in [4.69, 9.17) is 10.5 Å². The van der Waals surface area contributed by atoms with Gasteiger partial charge in [0.15, 0.2) is 0 Å². The van der Waals surface area contributed by atoms with Crippen LogP contribution < -0.4 is 15.8 Å². The van der Waals surface area contributed by atoms with E-state index < -0.39 is 23.6 Å². The zero-order valence-corrected chi connectivity index (χ0v) is 14.0. The zero-order valence-electron chi connectivity index (χ0n) is 14.0. The lowest BCUT2D eigenvalue weighted by atomic mass is 10.1. The summed E-state index contributed by atoms with van der Waals surface area (Å²) in [5.41, 5.74) is 4.72. The Morgan fingerprint density at radius 1 is 1.04 bits per heavy atom. The number of halogens is 3. The molecule has 0 aliphatic rings. The van der Waals surface area contributed by atoms with Crippen molar-refractivity contribution in [3.63, 3.8) is 0 Å². The molecule has 5 nitrogen and oxygen atoms in total. The molecule has 0 spiro atoms. The predicted molar refractivity (Wildman–Crippen MR) is 92.0 cm³/mol. The first kappa shape index (κ1) is 19.8. The second-order valence-electron chi connectivity index (χ2n) is 5.26. The highest BCUT2D eigenvalue weighted by molar-refractivity contribution is 5.95. The van der Waals surface area contributed by atoms with Gasteiger partial charge in [-0.25, -0.2) is 0 Å². The van der Waals surface area contributed by atoms with Crippen molar-refractivity contribution in [2.75, 3.05) is 13.2 Å². The van der Waals surface area contributed by atoms with Gasteiger partial charge in [0.1, 0.15) is 12.4 Å². The van der Waals surface area contributed by atoms with Crippen LogP contribution in [0.5, 0.6) is 5.75 Å². The fourth-order valence-electron chi connectivity index (χ4n) is 2.06. The minimum Gasteiger partial charge on any atom is -0.480 e. The summed E-state index contributed by atoms with van der Waals surface area (Å²) in [6.07, 6.45) is -4.45. The molecule has 0 heterocycles. The van der Waals surface area contributed by atoms with Gasteiger partial charge in [0.25, 0.3) is 11.8 Å². The molecule has 2 rings (SSSR count). The Morgan fingerprint density at radius 2 is 1.70 bits per heavy atom. The van der Waals surface area contributed by atoms with Crippen LogP contribution in [0, 0.1) is 11.8 Å². The number of rotatable bonds is 5. The number of amides is 2. The maximum atomic E-state index is 12.5. The average molecular weight is 376 g/mol. The molecule has 0 unspecified atom stereocenters. The van der Waals surface area contributed by atoms with Gasteiger partial charge >= 0.3 is 6.18 Å². The summed E-state index contributed by atoms with van der Waals surface area (Å²) in [5, 5.41) is 2.46. The third-order valence-electron chi connectivity index (χ3n) is 3.39. The average Bonchev–Trinajstić information content (AvgIpc) is 2.64. The number of hydrogen-bond acceptors (Lipinski definition) is 3. The van der Waals surface area contributed by atoms with Gasteiger partial charge in [-0.3, -0.25) is 9.59 Å². The summed E-state index contributed by atoms with van der Waals surface area (Å²) >= 11 is 0. The Hall–Kier alpha value is -3.47. The molecule has 2 amide bonds. The number of hydrogen-bond donors (Lipinski definition) is 2. The summed E-state index contributed by atoms with van der Waals surface area (Å²) in [6, 6.07) is 10.3. The SMILES string of the molecule is NC(=O)c1ccccc1OCC#CCNC(=O)c1ccc(C(F)(F)F)cc1. The number of carbonyl (C=O) groups is 2. The van der Waals surface area contributed by atoms with E-state index in [0.717, 1.165) is 24.3 Å². The van der Waals surface area contributed by atoms with Crippen LogP contribution >= 0.6 is 0 Å². The van der Waals surface area contributed by atoms with E-state index in [2.05, 4.69) is 17.2 Å². The van der Waals surface area contributed by atoms with Gasteiger partial charge in [0, 0.05) is 5.56 Å². The van der Waals surface area contributed by atoms with Gasteiger partial charge in [0.2, 0.25) is 0 Å². The zero-order chi connectivity index (χ0) is 19.9. The number of nitrogens with one attached hydrogen (secondary N) is 1. The van der Waals surface area contributed by atoms with Crippen molar-refractivity contribution < 1.29 is 27.5 Å². The van der Waals surface area contributed by atoms with E-state index in [9.17, 15) is 22.8 Å². The van der Waals surface area contributed by atoms with Crippen molar-refractivity contribution in [1.29, 1.82) is 0 Å². The minimum atomic E-state index is -4.45. The Bertz CT molecular complexity index is 882. The fraction of sp³-hybridized carbons (Fsp3) is 0.158. The van der Waals surface area contributed by atoms with Crippen LogP contribution in [0.1, 0.15) is 26.3 Å². The summed E-state index contributed by atoms with van der Waals surface area (Å²) < 4.78 is 42.8. The Labute approximate surface area is 153 Å². The highest BCUT2D eigenvalue weighted by Crippen LogP contribution is 2.29. The van der Waals surface area contributed by atoms with Crippen LogP contribution in [-0.2, 0) is 6.18 Å². The summed E-state index contributed by atoms with van der Waals surface area (Å²) in [4.78, 5) is 23.1. The molecule has 0 atom stereocenters. The first-order valence-electron chi connectivity index (χ1n) is 7.72. The van der Waals surface area contributed by atoms with E-state index >= 15 is 0 Å².